The van der Waals surface area contributed by atoms with Crippen molar-refractivity contribution in [3.05, 3.63) is 137 Å². The summed E-state index contributed by atoms with van der Waals surface area (Å²) in [6.07, 6.45) is 2.69. The quantitative estimate of drug-likeness (QED) is 0.0147. The highest BCUT2D eigenvalue weighted by Crippen LogP contribution is 2.37. The molecule has 5 atom stereocenters. The number of fused-ring (bicyclic) bond motifs is 3. The highest BCUT2D eigenvalue weighted by atomic mass is 16.5. The van der Waals surface area contributed by atoms with Crippen LogP contribution in [0.2, 0.25) is 0 Å². The molecule has 6 rings (SSSR count). The molecule has 0 spiro atoms. The number of likely N-dealkylation sites (N-methyl/N-ethyl adjacent to an activating group) is 2. The second-order valence-corrected chi connectivity index (χ2v) is 25.1. The van der Waals surface area contributed by atoms with Crippen LogP contribution in [0.4, 0.5) is 26.7 Å². The van der Waals surface area contributed by atoms with E-state index in [9.17, 15) is 48.3 Å². The maximum Gasteiger partial charge on any atom is 0.411 e. The number of ether oxygens (including phenoxy) is 1. The molecule has 10 N–H and O–H groups in total. The maximum absolute atomic E-state index is 14.5. The second-order valence-electron chi connectivity index (χ2n) is 25.1. The number of carbonyl (C=O) groups excluding carboxylic acids is 8. The Balaban J connectivity index is 1.07. The fourth-order valence-corrected chi connectivity index (χ4v) is 10.9. The third kappa shape index (κ3) is 18.1. The first-order valence-electron chi connectivity index (χ1n) is 30.1. The van der Waals surface area contributed by atoms with Crippen molar-refractivity contribution >= 4 is 81.5 Å². The minimum atomic E-state index is -1.13. The molecule has 90 heavy (non-hydrogen) atoms. The molecule has 9 amide bonds. The summed E-state index contributed by atoms with van der Waals surface area (Å²) >= 11 is 0. The number of carboxylic acid groups (broad SMARTS) is 1. The summed E-state index contributed by atoms with van der Waals surface area (Å²) in [5.41, 5.74) is 9.66. The van der Waals surface area contributed by atoms with Crippen LogP contribution in [0.1, 0.15) is 123 Å². The van der Waals surface area contributed by atoms with Gasteiger partial charge in [-0.05, 0) is 109 Å². The molecule has 0 fully saturated rings. The number of carbonyl (C=O) groups is 9. The summed E-state index contributed by atoms with van der Waals surface area (Å²) in [6.45, 7) is 18.4. The molecule has 22 nitrogen and oxygen atoms in total. The standard InChI is InChI=1S/C68H87N11O11/c1-40(2)54(35-42(5)64(86)87)78(13)63(85)59(67(6,7)8)76-62(84)58(70-11)68(9,10)50-38-77(12)53-31-30-48(36-49(50)53)73-66(89)90-39-43-24-28-47(29-25-43)72-60(82)51(22-18-34-71-65(69)88)74-61(83)57(41(3)4)75-55(80)32-33-56(81)79-37-46-21-15-14-19-44(46)26-27-45-20-16-17-23-52(45)79/h14-17,19-21,23-25,28-31,35-36,38,40-41,51,54,57-59,70H,18,22,32-34,37,39H2,1-13H3,(H,72,82)(H,73,89)(H,74,83)(H,75,80)(H,76,84)(H,86,87)(H3,69,71,88)/b42-35+/t51-,54+,57-,58?,59+/m0/s1. The van der Waals surface area contributed by atoms with Crippen LogP contribution < -0.4 is 47.9 Å². The Morgan fingerprint density at radius 3 is 2.04 bits per heavy atom. The summed E-state index contributed by atoms with van der Waals surface area (Å²) in [5.74, 6) is 1.87. The van der Waals surface area contributed by atoms with Gasteiger partial charge >= 0.3 is 18.1 Å². The Bertz CT molecular complexity index is 3570. The molecule has 480 valence electrons. The van der Waals surface area contributed by atoms with Crippen molar-refractivity contribution < 1.29 is 53.0 Å². The average molecular weight is 1230 g/mol. The zero-order chi connectivity index (χ0) is 66.4. The monoisotopic (exact) mass is 1230 g/mol. The molecule has 4 aromatic carbocycles. The SMILES string of the molecule is CNC(C(=O)N[C@H](C(=O)N(C)[C@H](/C=C(\C)C(=O)O)C(C)C)C(C)(C)C)C(C)(C)c1cn(C)c2ccc(NC(=O)OCc3ccc(NC(=O)[C@H](CCCNC(N)=O)NC(=O)[C@@H](NC(=O)CCC(=O)N4Cc5ccccc5C#Cc5ccccc54)C(C)C)cc3)cc12. The van der Waals surface area contributed by atoms with Gasteiger partial charge in [-0.1, -0.05) is 123 Å². The number of hydrogen-bond donors (Lipinski definition) is 9. The van der Waals surface area contributed by atoms with E-state index in [1.54, 1.807) is 75.3 Å². The molecule has 0 aliphatic carbocycles. The lowest BCUT2D eigenvalue weighted by Gasteiger charge is -2.39. The lowest BCUT2D eigenvalue weighted by molar-refractivity contribution is -0.141. The van der Waals surface area contributed by atoms with Crippen molar-refractivity contribution in [1.29, 1.82) is 0 Å². The van der Waals surface area contributed by atoms with Crippen LogP contribution in [0, 0.1) is 29.1 Å². The first kappa shape index (κ1) is 69.6. The Kier molecular flexibility index (Phi) is 23.7. The van der Waals surface area contributed by atoms with E-state index >= 15 is 0 Å². The number of amides is 9. The van der Waals surface area contributed by atoms with Crippen molar-refractivity contribution in [3.8, 4) is 11.8 Å². The van der Waals surface area contributed by atoms with Crippen LogP contribution in [-0.4, -0.2) is 119 Å². The molecule has 0 bridgehead atoms. The fourth-order valence-electron chi connectivity index (χ4n) is 10.9. The molecule has 2 heterocycles. The second kappa shape index (κ2) is 30.6. The average Bonchev–Trinajstić information content (AvgIpc) is 1.57. The van der Waals surface area contributed by atoms with E-state index in [0.717, 1.165) is 27.6 Å². The Morgan fingerprint density at radius 2 is 1.41 bits per heavy atom. The number of aryl methyl sites for hydroxylation is 1. The maximum atomic E-state index is 14.5. The number of hydrogen-bond acceptors (Lipinski definition) is 11. The highest BCUT2D eigenvalue weighted by molar-refractivity contribution is 6.00. The van der Waals surface area contributed by atoms with E-state index in [0.29, 0.717) is 28.2 Å². The molecule has 1 aliphatic heterocycles. The summed E-state index contributed by atoms with van der Waals surface area (Å²) in [7, 11) is 5.16. The zero-order valence-electron chi connectivity index (χ0n) is 53.8. The molecule has 5 aromatic rings. The van der Waals surface area contributed by atoms with Crippen molar-refractivity contribution in [1.82, 2.24) is 36.1 Å². The number of nitrogens with one attached hydrogen (secondary N) is 7. The lowest BCUT2D eigenvalue weighted by atomic mass is 9.76. The molecule has 0 radical (unpaired) electrons. The number of urea groups is 1. The van der Waals surface area contributed by atoms with Gasteiger partial charge in [0.1, 0.15) is 24.7 Å². The lowest BCUT2D eigenvalue weighted by Crippen LogP contribution is -2.61. The summed E-state index contributed by atoms with van der Waals surface area (Å²) < 4.78 is 7.54. The largest absolute Gasteiger partial charge is 0.478 e. The number of nitrogens with zero attached hydrogens (tertiary/aromatic N) is 3. The van der Waals surface area contributed by atoms with Crippen LogP contribution in [0.3, 0.4) is 0 Å². The number of benzene rings is 4. The van der Waals surface area contributed by atoms with E-state index in [4.69, 9.17) is 10.5 Å². The minimum absolute atomic E-state index is 0.0818. The molecule has 1 aromatic heterocycles. The Hall–Kier alpha value is -9.49. The zero-order valence-corrected chi connectivity index (χ0v) is 53.8. The first-order valence-corrected chi connectivity index (χ1v) is 30.1. The molecule has 1 aliphatic rings. The molecule has 0 saturated heterocycles. The van der Waals surface area contributed by atoms with Gasteiger partial charge in [-0.15, -0.1) is 0 Å². The molecule has 0 saturated carbocycles. The Labute approximate surface area is 526 Å². The number of rotatable bonds is 26. The van der Waals surface area contributed by atoms with Gasteiger partial charge in [-0.3, -0.25) is 34.1 Å². The van der Waals surface area contributed by atoms with Crippen LogP contribution in [0.25, 0.3) is 10.9 Å². The van der Waals surface area contributed by atoms with Crippen molar-refractivity contribution in [2.75, 3.05) is 36.2 Å². The number of aliphatic carboxylic acids is 1. The van der Waals surface area contributed by atoms with Crippen LogP contribution in [0.5, 0.6) is 0 Å². The molecular weight excluding hydrogens is 1150 g/mol. The number of para-hydroxylation sites is 1. The van der Waals surface area contributed by atoms with E-state index in [1.165, 1.54) is 11.8 Å². The van der Waals surface area contributed by atoms with Gasteiger partial charge in [0.15, 0.2) is 0 Å². The van der Waals surface area contributed by atoms with Gasteiger partial charge in [-0.2, -0.15) is 0 Å². The Morgan fingerprint density at radius 1 is 0.767 bits per heavy atom. The van der Waals surface area contributed by atoms with Crippen molar-refractivity contribution in [2.45, 2.75) is 144 Å². The van der Waals surface area contributed by atoms with Gasteiger partial charge in [0.2, 0.25) is 35.4 Å². The number of anilines is 3. The predicted molar refractivity (Wildman–Crippen MR) is 347 cm³/mol. The highest BCUT2D eigenvalue weighted by Gasteiger charge is 2.43. The third-order valence-corrected chi connectivity index (χ3v) is 16.0. The summed E-state index contributed by atoms with van der Waals surface area (Å²) in [4.78, 5) is 124. The number of primary amides is 1. The fraction of sp³-hybridized carbons (Fsp3) is 0.426. The first-order chi connectivity index (χ1) is 42.4. The topological polar surface area (TPSA) is 305 Å². The van der Waals surface area contributed by atoms with E-state index in [2.05, 4.69) is 49.1 Å². The molecular formula is C68H87N11O11. The van der Waals surface area contributed by atoms with E-state index in [1.807, 2.05) is 121 Å². The van der Waals surface area contributed by atoms with Crippen LogP contribution in [-0.2, 0) is 63.9 Å². The predicted octanol–water partition coefficient (Wildman–Crippen LogP) is 7.58. The molecule has 1 unspecified atom stereocenters. The number of carboxylic acids is 1. The molecule has 22 heteroatoms. The van der Waals surface area contributed by atoms with Gasteiger partial charge in [-0.25, -0.2) is 14.4 Å². The normalized spacial score (nSPS) is 13.9. The van der Waals surface area contributed by atoms with Gasteiger partial charge in [0, 0.05) is 84.1 Å². The number of nitrogens with two attached hydrogens (primary N) is 1. The smallest absolute Gasteiger partial charge is 0.411 e. The van der Waals surface area contributed by atoms with Crippen LogP contribution >= 0.6 is 0 Å². The van der Waals surface area contributed by atoms with E-state index < -0.39 is 88.7 Å². The van der Waals surface area contributed by atoms with Crippen LogP contribution in [0.15, 0.2) is 109 Å². The number of aromatic nitrogens is 1. The third-order valence-electron chi connectivity index (χ3n) is 16.0. The van der Waals surface area contributed by atoms with Gasteiger partial charge in [0.05, 0.1) is 24.3 Å². The van der Waals surface area contributed by atoms with Gasteiger partial charge in [0.25, 0.3) is 0 Å². The van der Waals surface area contributed by atoms with Crippen molar-refractivity contribution in [2.24, 2.45) is 30.0 Å². The van der Waals surface area contributed by atoms with Crippen molar-refractivity contribution in [3.63, 3.8) is 0 Å². The summed E-state index contributed by atoms with van der Waals surface area (Å²) in [6, 6.07) is 21.4. The van der Waals surface area contributed by atoms with Gasteiger partial charge < -0.3 is 61.8 Å². The minimum Gasteiger partial charge on any atom is -0.478 e. The summed E-state index contributed by atoms with van der Waals surface area (Å²) in [5, 5.41) is 30.2. The van der Waals surface area contributed by atoms with E-state index in [-0.39, 0.29) is 68.7 Å².